The minimum Gasteiger partial charge on any atom is -0.350 e. The van der Waals surface area contributed by atoms with Crippen LogP contribution in [0, 0.1) is 11.3 Å². The van der Waals surface area contributed by atoms with Crippen molar-refractivity contribution in [1.29, 1.82) is 0 Å². The van der Waals surface area contributed by atoms with Crippen molar-refractivity contribution in [1.82, 2.24) is 20.1 Å². The Morgan fingerprint density at radius 2 is 2.00 bits per heavy atom. The molecule has 3 aromatic rings. The predicted molar refractivity (Wildman–Crippen MR) is 150 cm³/mol. The fourth-order valence-electron chi connectivity index (χ4n) is 5.24. The molecular weight excluding hydrogens is 514 g/mol. The fourth-order valence-corrected chi connectivity index (χ4v) is 5.24. The molecule has 3 heterocycles. The maximum atomic E-state index is 13.9. The van der Waals surface area contributed by atoms with Crippen molar-refractivity contribution in [3.63, 3.8) is 0 Å². The summed E-state index contributed by atoms with van der Waals surface area (Å²) in [4.78, 5) is 65.3. The zero-order valence-corrected chi connectivity index (χ0v) is 23.0. The third kappa shape index (κ3) is 6.83. The van der Waals surface area contributed by atoms with Crippen LogP contribution in [0.25, 0.3) is 11.0 Å². The molecule has 40 heavy (non-hydrogen) atoms. The van der Waals surface area contributed by atoms with Gasteiger partial charge in [0.05, 0.1) is 16.7 Å². The van der Waals surface area contributed by atoms with Crippen LogP contribution in [0.5, 0.6) is 0 Å². The molecule has 0 aliphatic carbocycles. The van der Waals surface area contributed by atoms with Crippen LogP contribution in [0.2, 0.25) is 0 Å². The number of nitrogens with zero attached hydrogens (tertiary/aromatic N) is 2. The van der Waals surface area contributed by atoms with Gasteiger partial charge in [0.1, 0.15) is 5.65 Å². The summed E-state index contributed by atoms with van der Waals surface area (Å²) in [5.74, 6) is -1.87. The van der Waals surface area contributed by atoms with Gasteiger partial charge in [-0.3, -0.25) is 24.8 Å². The number of H-pyrrole nitrogens is 1. The average molecular weight is 552 g/mol. The summed E-state index contributed by atoms with van der Waals surface area (Å²) in [6, 6.07) is 13.0. The molecule has 0 saturated carbocycles. The van der Waals surface area contributed by atoms with E-state index in [2.05, 4.69) is 20.9 Å². The Hall–Kier alpha value is -3.83. The summed E-state index contributed by atoms with van der Waals surface area (Å²) < 4.78 is 6.21. The normalized spacial score (nSPS) is 17.6. The number of benzene rings is 1. The number of carbonyl (C=O) groups is 2. The molecule has 0 radical (unpaired) electrons. The van der Waals surface area contributed by atoms with E-state index in [1.165, 1.54) is 12.3 Å². The van der Waals surface area contributed by atoms with Gasteiger partial charge in [-0.25, -0.2) is 20.1 Å². The van der Waals surface area contributed by atoms with E-state index in [4.69, 9.17) is 9.57 Å². The highest BCUT2D eigenvalue weighted by Crippen LogP contribution is 2.37. The zero-order valence-electron chi connectivity index (χ0n) is 23.0. The number of fused-ring (bicyclic) bond motifs is 1. The van der Waals surface area contributed by atoms with Gasteiger partial charge in [-0.1, -0.05) is 43.7 Å². The molecule has 1 fully saturated rings. The number of rotatable bonds is 12. The number of nitrogens with one attached hydrogen (secondary N) is 3. The van der Waals surface area contributed by atoms with Gasteiger partial charge in [0.25, 0.3) is 5.56 Å². The van der Waals surface area contributed by atoms with Gasteiger partial charge in [-0.15, -0.1) is 0 Å². The van der Waals surface area contributed by atoms with Crippen LogP contribution < -0.4 is 22.2 Å². The van der Waals surface area contributed by atoms with Gasteiger partial charge in [0.2, 0.25) is 11.8 Å². The first-order valence-corrected chi connectivity index (χ1v) is 13.9. The maximum absolute atomic E-state index is 13.9. The number of aromatic amines is 1. The first-order chi connectivity index (χ1) is 19.3. The quantitative estimate of drug-likeness (QED) is 0.293. The molecule has 1 aliphatic heterocycles. The predicted octanol–water partition coefficient (Wildman–Crippen LogP) is 3.17. The minimum atomic E-state index is -1.26. The monoisotopic (exact) mass is 551 g/mol. The number of amides is 2. The van der Waals surface area contributed by atoms with Gasteiger partial charge in [0.15, 0.2) is 6.29 Å². The number of ether oxygens (including phenoxy) is 1. The number of aromatic nitrogens is 3. The third-order valence-electron chi connectivity index (χ3n) is 7.49. The van der Waals surface area contributed by atoms with Crippen molar-refractivity contribution >= 4 is 22.8 Å². The van der Waals surface area contributed by atoms with Crippen LogP contribution in [0.15, 0.2) is 58.3 Å². The molecule has 3 atom stereocenters. The third-order valence-corrected chi connectivity index (χ3v) is 7.49. The number of hydrogen-bond donors (Lipinski definition) is 3. The van der Waals surface area contributed by atoms with E-state index in [0.717, 1.165) is 24.8 Å². The second kappa shape index (κ2) is 13.5. The highest BCUT2D eigenvalue weighted by molar-refractivity contribution is 5.94. The first kappa shape index (κ1) is 29.2. The lowest BCUT2D eigenvalue weighted by Crippen LogP contribution is -2.53. The molecule has 2 aromatic heterocycles. The van der Waals surface area contributed by atoms with Crippen LogP contribution in [0.3, 0.4) is 0 Å². The Balaban J connectivity index is 1.59. The van der Waals surface area contributed by atoms with E-state index >= 15 is 0 Å². The first-order valence-electron chi connectivity index (χ1n) is 13.9. The van der Waals surface area contributed by atoms with Crippen LogP contribution in [0.4, 0.5) is 0 Å². The summed E-state index contributed by atoms with van der Waals surface area (Å²) in [6.07, 6.45) is 6.11. The number of hydroxylamine groups is 1. The molecule has 0 spiro atoms. The zero-order chi connectivity index (χ0) is 28.5. The van der Waals surface area contributed by atoms with E-state index in [9.17, 15) is 19.2 Å². The average Bonchev–Trinajstić information content (AvgIpc) is 2.97. The molecule has 1 aromatic carbocycles. The molecule has 3 N–H and O–H groups in total. The van der Waals surface area contributed by atoms with Gasteiger partial charge in [-0.2, -0.15) is 4.68 Å². The van der Waals surface area contributed by atoms with E-state index < -0.39 is 40.7 Å². The molecule has 1 unspecified atom stereocenters. The smallest absolute Gasteiger partial charge is 0.349 e. The largest absolute Gasteiger partial charge is 0.350 e. The van der Waals surface area contributed by atoms with Gasteiger partial charge in [-0.05, 0) is 63.1 Å². The molecular formula is C29H37N5O6. The van der Waals surface area contributed by atoms with E-state index in [-0.39, 0.29) is 11.0 Å². The summed E-state index contributed by atoms with van der Waals surface area (Å²) in [5.41, 5.74) is 3.49. The standard InChI is InChI=1S/C29H37N5O6/c1-3-17-29(2,27(37)32-34-26(36)21-14-10-18-30-24(21)31-28(34)38)22(15-9-13-20-11-5-4-6-12-20)25(35)33-40-23-16-7-8-19-39-23/h4-6,10-12,14,18,22-23H,3,7-9,13,15-17,19H2,1-2H3,(H,32,37)(H,33,35)(H,30,31,38)/t22-,23?,29-/m1/s1. The van der Waals surface area contributed by atoms with Crippen molar-refractivity contribution in [2.24, 2.45) is 11.3 Å². The second-order valence-corrected chi connectivity index (χ2v) is 10.4. The SMILES string of the molecule is CCC[C@@](C)(C(=O)Nn1c(=O)[nH]c2ncccc2c1=O)[C@H](CCCc1ccccc1)C(=O)NOC1CCCCO1. The van der Waals surface area contributed by atoms with Crippen molar-refractivity contribution in [2.45, 2.75) is 71.5 Å². The van der Waals surface area contributed by atoms with E-state index in [1.54, 1.807) is 13.0 Å². The van der Waals surface area contributed by atoms with E-state index in [1.807, 2.05) is 37.3 Å². The van der Waals surface area contributed by atoms with Crippen LogP contribution in [-0.4, -0.2) is 39.4 Å². The highest BCUT2D eigenvalue weighted by Gasteiger charge is 2.45. The van der Waals surface area contributed by atoms with Crippen molar-refractivity contribution in [2.75, 3.05) is 12.0 Å². The molecule has 11 heteroatoms. The summed E-state index contributed by atoms with van der Waals surface area (Å²) >= 11 is 0. The van der Waals surface area contributed by atoms with Crippen LogP contribution in [-0.2, 0) is 25.6 Å². The highest BCUT2D eigenvalue weighted by atomic mass is 16.8. The molecule has 0 bridgehead atoms. The van der Waals surface area contributed by atoms with Crippen molar-refractivity contribution in [3.8, 4) is 0 Å². The number of aryl methyl sites for hydroxylation is 1. The number of pyridine rings is 1. The molecule has 11 nitrogen and oxygen atoms in total. The minimum absolute atomic E-state index is 0.125. The Kier molecular flexibility index (Phi) is 9.84. The summed E-state index contributed by atoms with van der Waals surface area (Å²) in [7, 11) is 0. The number of hydrogen-bond acceptors (Lipinski definition) is 7. The van der Waals surface area contributed by atoms with Crippen LogP contribution in [0.1, 0.15) is 64.4 Å². The van der Waals surface area contributed by atoms with Gasteiger partial charge >= 0.3 is 5.69 Å². The maximum Gasteiger partial charge on any atom is 0.349 e. The van der Waals surface area contributed by atoms with Crippen LogP contribution >= 0.6 is 0 Å². The molecule has 2 amide bonds. The number of carbonyl (C=O) groups excluding carboxylic acids is 2. The Bertz CT molecular complexity index is 1420. The molecule has 1 aliphatic rings. The second-order valence-electron chi connectivity index (χ2n) is 10.4. The Morgan fingerprint density at radius 3 is 2.73 bits per heavy atom. The van der Waals surface area contributed by atoms with Crippen molar-refractivity contribution < 1.29 is 19.2 Å². The summed E-state index contributed by atoms with van der Waals surface area (Å²) in [6.45, 7) is 4.16. The van der Waals surface area contributed by atoms with Gasteiger partial charge < -0.3 is 4.74 Å². The lowest BCUT2D eigenvalue weighted by Gasteiger charge is -2.35. The van der Waals surface area contributed by atoms with Crippen molar-refractivity contribution in [3.05, 3.63) is 75.1 Å². The lowest BCUT2D eigenvalue weighted by atomic mass is 9.70. The molecule has 214 valence electrons. The Morgan fingerprint density at radius 1 is 1.20 bits per heavy atom. The molecule has 1 saturated heterocycles. The molecule has 4 rings (SSSR count). The topological polar surface area (TPSA) is 144 Å². The summed E-state index contributed by atoms with van der Waals surface area (Å²) in [5, 5.41) is 0.151. The Labute approximate surface area is 232 Å². The fraction of sp³-hybridized carbons (Fsp3) is 0.483. The van der Waals surface area contributed by atoms with Gasteiger partial charge in [0, 0.05) is 19.2 Å². The lowest BCUT2D eigenvalue weighted by molar-refractivity contribution is -0.204. The van der Waals surface area contributed by atoms with E-state index in [0.29, 0.717) is 43.4 Å².